The van der Waals surface area contributed by atoms with Gasteiger partial charge in [-0.05, 0) is 26.0 Å². The van der Waals surface area contributed by atoms with Crippen LogP contribution >= 0.6 is 0 Å². The van der Waals surface area contributed by atoms with Gasteiger partial charge in [-0.3, -0.25) is 0 Å². The fourth-order valence-electron chi connectivity index (χ4n) is 1.19. The average molecular weight is 196 g/mol. The molecule has 0 saturated heterocycles. The molecule has 1 rings (SSSR count). The highest BCUT2D eigenvalue weighted by Crippen LogP contribution is 2.23. The molecule has 0 amide bonds. The molecular formula is C11H16O3. The Morgan fingerprint density at radius 1 is 1.36 bits per heavy atom. The second kappa shape index (κ2) is 4.33. The summed E-state index contributed by atoms with van der Waals surface area (Å²) < 4.78 is 5.60. The second-order valence-corrected chi connectivity index (χ2v) is 3.83. The lowest BCUT2D eigenvalue weighted by molar-refractivity contribution is 0.0763. The molecule has 1 aromatic carbocycles. The van der Waals surface area contributed by atoms with Crippen molar-refractivity contribution in [2.75, 3.05) is 6.61 Å². The molecule has 0 bridgehead atoms. The summed E-state index contributed by atoms with van der Waals surface area (Å²) in [6.45, 7) is 3.88. The van der Waals surface area contributed by atoms with E-state index < -0.39 is 5.60 Å². The maximum atomic E-state index is 9.21. The molecule has 14 heavy (non-hydrogen) atoms. The predicted molar refractivity (Wildman–Crippen MR) is 54.5 cm³/mol. The standard InChI is InChI=1S/C11H16O3/c1-11(2,6-7-12)14-10-5-3-4-9(13)8-10/h3-5,8,12-13H,6-7H2,1-2H3. The van der Waals surface area contributed by atoms with Crippen LogP contribution in [-0.4, -0.2) is 22.4 Å². The Balaban J connectivity index is 2.68. The maximum absolute atomic E-state index is 9.21. The molecule has 0 heterocycles. The van der Waals surface area contributed by atoms with Gasteiger partial charge in [0.2, 0.25) is 0 Å². The van der Waals surface area contributed by atoms with Crippen LogP contribution in [0, 0.1) is 0 Å². The van der Waals surface area contributed by atoms with Crippen LogP contribution in [0.2, 0.25) is 0 Å². The number of aliphatic hydroxyl groups excluding tert-OH is 1. The molecule has 78 valence electrons. The number of rotatable bonds is 4. The molecule has 0 aromatic heterocycles. The molecule has 1 aromatic rings. The summed E-state index contributed by atoms with van der Waals surface area (Å²) in [4.78, 5) is 0. The van der Waals surface area contributed by atoms with Gasteiger partial charge in [0.25, 0.3) is 0 Å². The number of hydrogen-bond donors (Lipinski definition) is 2. The number of aliphatic hydroxyl groups is 1. The molecule has 0 aliphatic rings. The van der Waals surface area contributed by atoms with Gasteiger partial charge in [-0.2, -0.15) is 0 Å². The van der Waals surface area contributed by atoms with E-state index in [9.17, 15) is 5.11 Å². The Labute approximate surface area is 84.0 Å². The van der Waals surface area contributed by atoms with Crippen molar-refractivity contribution in [3.05, 3.63) is 24.3 Å². The number of phenolic OH excluding ortho intramolecular Hbond substituents is 1. The molecule has 0 aliphatic carbocycles. The third-order valence-electron chi connectivity index (χ3n) is 1.93. The normalized spacial score (nSPS) is 11.4. The molecule has 0 fully saturated rings. The zero-order chi connectivity index (χ0) is 10.6. The Kier molecular flexibility index (Phi) is 3.36. The molecule has 2 N–H and O–H groups in total. The summed E-state index contributed by atoms with van der Waals surface area (Å²) in [5.74, 6) is 0.797. The number of benzene rings is 1. The van der Waals surface area contributed by atoms with Crippen LogP contribution in [-0.2, 0) is 0 Å². The molecule has 0 atom stereocenters. The van der Waals surface area contributed by atoms with E-state index in [1.807, 2.05) is 13.8 Å². The van der Waals surface area contributed by atoms with Crippen molar-refractivity contribution >= 4 is 0 Å². The molecule has 0 spiro atoms. The van der Waals surface area contributed by atoms with Gasteiger partial charge in [-0.1, -0.05) is 6.07 Å². The largest absolute Gasteiger partial charge is 0.508 e. The molecule has 3 nitrogen and oxygen atoms in total. The number of ether oxygens (including phenoxy) is 1. The predicted octanol–water partition coefficient (Wildman–Crippen LogP) is 1.93. The minimum absolute atomic E-state index is 0.0891. The third-order valence-corrected chi connectivity index (χ3v) is 1.93. The first kappa shape index (κ1) is 10.9. The molecule has 0 aliphatic heterocycles. The van der Waals surface area contributed by atoms with Gasteiger partial charge >= 0.3 is 0 Å². The van der Waals surface area contributed by atoms with Crippen molar-refractivity contribution in [1.82, 2.24) is 0 Å². The van der Waals surface area contributed by atoms with Crippen LogP contribution in [0.25, 0.3) is 0 Å². The summed E-state index contributed by atoms with van der Waals surface area (Å²) in [7, 11) is 0. The van der Waals surface area contributed by atoms with Gasteiger partial charge in [0.05, 0.1) is 0 Å². The highest BCUT2D eigenvalue weighted by molar-refractivity contribution is 5.32. The van der Waals surface area contributed by atoms with Gasteiger partial charge in [0.15, 0.2) is 0 Å². The fourth-order valence-corrected chi connectivity index (χ4v) is 1.19. The van der Waals surface area contributed by atoms with Gasteiger partial charge < -0.3 is 14.9 Å². The molecule has 0 saturated carbocycles. The zero-order valence-corrected chi connectivity index (χ0v) is 8.53. The van der Waals surface area contributed by atoms with E-state index in [1.54, 1.807) is 24.3 Å². The Morgan fingerprint density at radius 3 is 2.64 bits per heavy atom. The topological polar surface area (TPSA) is 49.7 Å². The average Bonchev–Trinajstić information content (AvgIpc) is 2.02. The van der Waals surface area contributed by atoms with Crippen LogP contribution < -0.4 is 4.74 Å². The van der Waals surface area contributed by atoms with Crippen molar-refractivity contribution < 1.29 is 14.9 Å². The second-order valence-electron chi connectivity index (χ2n) is 3.83. The molecule has 0 radical (unpaired) electrons. The number of phenols is 1. The smallest absolute Gasteiger partial charge is 0.123 e. The van der Waals surface area contributed by atoms with Crippen molar-refractivity contribution in [2.45, 2.75) is 25.9 Å². The minimum atomic E-state index is -0.414. The highest BCUT2D eigenvalue weighted by Gasteiger charge is 2.18. The lowest BCUT2D eigenvalue weighted by Crippen LogP contribution is -2.29. The van der Waals surface area contributed by atoms with Gasteiger partial charge in [-0.25, -0.2) is 0 Å². The summed E-state index contributed by atoms with van der Waals surface area (Å²) in [6.07, 6.45) is 0.558. The highest BCUT2D eigenvalue weighted by atomic mass is 16.5. The van der Waals surface area contributed by atoms with Gasteiger partial charge in [0, 0.05) is 19.1 Å². The minimum Gasteiger partial charge on any atom is -0.508 e. The van der Waals surface area contributed by atoms with E-state index in [-0.39, 0.29) is 12.4 Å². The first-order valence-electron chi connectivity index (χ1n) is 4.62. The van der Waals surface area contributed by atoms with Crippen molar-refractivity contribution in [1.29, 1.82) is 0 Å². The Morgan fingerprint density at radius 2 is 2.07 bits per heavy atom. The monoisotopic (exact) mass is 196 g/mol. The summed E-state index contributed by atoms with van der Waals surface area (Å²) in [5.41, 5.74) is -0.414. The van der Waals surface area contributed by atoms with E-state index in [0.717, 1.165) is 0 Å². The lowest BCUT2D eigenvalue weighted by Gasteiger charge is -2.25. The van der Waals surface area contributed by atoms with Crippen molar-refractivity contribution in [2.24, 2.45) is 0 Å². The Hall–Kier alpha value is -1.22. The van der Waals surface area contributed by atoms with Gasteiger partial charge in [-0.15, -0.1) is 0 Å². The number of aromatic hydroxyl groups is 1. The van der Waals surface area contributed by atoms with E-state index >= 15 is 0 Å². The molecule has 3 heteroatoms. The number of hydrogen-bond acceptors (Lipinski definition) is 3. The van der Waals surface area contributed by atoms with Crippen molar-refractivity contribution in [3.8, 4) is 11.5 Å². The van der Waals surface area contributed by atoms with Crippen LogP contribution in [0.4, 0.5) is 0 Å². The van der Waals surface area contributed by atoms with E-state index in [1.165, 1.54) is 0 Å². The van der Waals surface area contributed by atoms with E-state index in [4.69, 9.17) is 9.84 Å². The molecule has 0 unspecified atom stereocenters. The van der Waals surface area contributed by atoms with Crippen molar-refractivity contribution in [3.63, 3.8) is 0 Å². The van der Waals surface area contributed by atoms with E-state index in [0.29, 0.717) is 12.2 Å². The summed E-state index contributed by atoms with van der Waals surface area (Å²) in [5, 5.41) is 18.0. The quantitative estimate of drug-likeness (QED) is 0.773. The van der Waals surface area contributed by atoms with Crippen LogP contribution in [0.5, 0.6) is 11.5 Å². The first-order valence-corrected chi connectivity index (χ1v) is 4.62. The molecular weight excluding hydrogens is 180 g/mol. The van der Waals surface area contributed by atoms with E-state index in [2.05, 4.69) is 0 Å². The lowest BCUT2D eigenvalue weighted by atomic mass is 10.1. The first-order chi connectivity index (χ1) is 6.53. The maximum Gasteiger partial charge on any atom is 0.123 e. The summed E-state index contributed by atoms with van der Waals surface area (Å²) in [6, 6.07) is 6.64. The SMILES string of the molecule is CC(C)(CCO)Oc1cccc(O)c1. The van der Waals surface area contributed by atoms with Gasteiger partial charge in [0.1, 0.15) is 17.1 Å². The third kappa shape index (κ3) is 3.26. The fraction of sp³-hybridized carbons (Fsp3) is 0.455. The van der Waals surface area contributed by atoms with Crippen LogP contribution in [0.3, 0.4) is 0 Å². The van der Waals surface area contributed by atoms with Crippen LogP contribution in [0.15, 0.2) is 24.3 Å². The van der Waals surface area contributed by atoms with Crippen LogP contribution in [0.1, 0.15) is 20.3 Å². The Bertz CT molecular complexity index is 294. The zero-order valence-electron chi connectivity index (χ0n) is 8.53. The summed E-state index contributed by atoms with van der Waals surface area (Å²) >= 11 is 0.